The zero-order valence-electron chi connectivity index (χ0n) is 10.1. The number of hydrogen-bond acceptors (Lipinski definition) is 6. The van der Waals surface area contributed by atoms with Crippen molar-refractivity contribution in [2.75, 3.05) is 11.5 Å². The number of nitrogens with two attached hydrogens (primary N) is 2. The monoisotopic (exact) mass is 274 g/mol. The van der Waals surface area contributed by atoms with E-state index in [0.29, 0.717) is 11.1 Å². The van der Waals surface area contributed by atoms with Gasteiger partial charge in [-0.15, -0.1) is 0 Å². The summed E-state index contributed by atoms with van der Waals surface area (Å²) in [6, 6.07) is 8.53. The number of anilines is 2. The van der Waals surface area contributed by atoms with E-state index in [4.69, 9.17) is 11.5 Å². The van der Waals surface area contributed by atoms with E-state index in [1.165, 1.54) is 30.3 Å². The van der Waals surface area contributed by atoms with Crippen molar-refractivity contribution in [1.82, 2.24) is 0 Å². The molecule has 2 aromatic rings. The molecule has 0 aliphatic rings. The van der Waals surface area contributed by atoms with Crippen LogP contribution in [0.4, 0.5) is 22.7 Å². The molecular weight excluding hydrogens is 264 g/mol. The van der Waals surface area contributed by atoms with Crippen LogP contribution in [-0.2, 0) is 0 Å². The van der Waals surface area contributed by atoms with Crippen LogP contribution in [0.25, 0.3) is 11.1 Å². The van der Waals surface area contributed by atoms with Gasteiger partial charge in [0, 0.05) is 17.7 Å². The fourth-order valence-corrected chi connectivity index (χ4v) is 1.87. The number of nitro benzene ring substituents is 2. The van der Waals surface area contributed by atoms with Gasteiger partial charge in [-0.3, -0.25) is 20.2 Å². The third kappa shape index (κ3) is 2.21. The van der Waals surface area contributed by atoms with Crippen LogP contribution >= 0.6 is 0 Å². The summed E-state index contributed by atoms with van der Waals surface area (Å²) in [5.74, 6) is 0. The summed E-state index contributed by atoms with van der Waals surface area (Å²) >= 11 is 0. The van der Waals surface area contributed by atoms with Crippen LogP contribution in [0, 0.1) is 20.2 Å². The second kappa shape index (κ2) is 4.84. The van der Waals surface area contributed by atoms with Gasteiger partial charge < -0.3 is 11.5 Å². The third-order valence-corrected chi connectivity index (χ3v) is 2.80. The molecule has 8 nitrogen and oxygen atoms in total. The summed E-state index contributed by atoms with van der Waals surface area (Å²) in [4.78, 5) is 20.5. The third-order valence-electron chi connectivity index (χ3n) is 2.80. The van der Waals surface area contributed by atoms with Crippen molar-refractivity contribution in [3.05, 3.63) is 56.6 Å². The first kappa shape index (κ1) is 13.3. The predicted molar refractivity (Wildman–Crippen MR) is 74.0 cm³/mol. The van der Waals surface area contributed by atoms with Crippen molar-refractivity contribution < 1.29 is 9.85 Å². The molecule has 0 aliphatic carbocycles. The molecule has 0 fully saturated rings. The van der Waals surface area contributed by atoms with Crippen molar-refractivity contribution in [3.63, 3.8) is 0 Å². The number of hydrogen-bond donors (Lipinski definition) is 2. The first-order valence-electron chi connectivity index (χ1n) is 5.49. The fourth-order valence-electron chi connectivity index (χ4n) is 1.87. The average Bonchev–Trinajstić information content (AvgIpc) is 2.38. The molecule has 20 heavy (non-hydrogen) atoms. The molecule has 0 spiro atoms. The number of nitrogens with zero attached hydrogens (tertiary/aromatic N) is 2. The van der Waals surface area contributed by atoms with Crippen molar-refractivity contribution in [1.29, 1.82) is 0 Å². The summed E-state index contributed by atoms with van der Waals surface area (Å²) in [6.45, 7) is 0. The molecule has 2 rings (SSSR count). The van der Waals surface area contributed by atoms with Crippen LogP contribution in [0.15, 0.2) is 36.4 Å². The zero-order valence-corrected chi connectivity index (χ0v) is 10.1. The van der Waals surface area contributed by atoms with Gasteiger partial charge in [0.25, 0.3) is 5.69 Å². The highest BCUT2D eigenvalue weighted by Gasteiger charge is 2.20. The van der Waals surface area contributed by atoms with E-state index in [2.05, 4.69) is 0 Å². The molecule has 4 N–H and O–H groups in total. The smallest absolute Gasteiger partial charge is 0.315 e. The van der Waals surface area contributed by atoms with Gasteiger partial charge in [-0.1, -0.05) is 12.1 Å². The number of non-ortho nitro benzene ring substituents is 1. The second-order valence-electron chi connectivity index (χ2n) is 4.03. The Hall–Kier alpha value is -3.16. The minimum Gasteiger partial charge on any atom is -0.393 e. The topological polar surface area (TPSA) is 138 Å². The average molecular weight is 274 g/mol. The molecule has 0 saturated heterocycles. The Morgan fingerprint density at radius 3 is 2.25 bits per heavy atom. The molecule has 0 saturated carbocycles. The zero-order chi connectivity index (χ0) is 14.9. The summed E-state index contributed by atoms with van der Waals surface area (Å²) in [6.07, 6.45) is 0. The van der Waals surface area contributed by atoms with Gasteiger partial charge in [-0.05, 0) is 17.7 Å². The Balaban J connectivity index is 2.65. The van der Waals surface area contributed by atoms with Gasteiger partial charge in [0.15, 0.2) is 0 Å². The molecule has 8 heteroatoms. The minimum atomic E-state index is -0.675. The Morgan fingerprint density at radius 2 is 1.65 bits per heavy atom. The van der Waals surface area contributed by atoms with Crippen LogP contribution in [0.2, 0.25) is 0 Å². The molecule has 0 atom stereocenters. The Labute approximate surface area is 112 Å². The van der Waals surface area contributed by atoms with E-state index in [9.17, 15) is 20.2 Å². The molecule has 0 bridgehead atoms. The SMILES string of the molecule is Nc1ccc(-c2cccc([N+](=O)[O-])c2)c(N)c1[N+](=O)[O-]. The van der Waals surface area contributed by atoms with Crippen molar-refractivity contribution >= 4 is 22.7 Å². The van der Waals surface area contributed by atoms with Gasteiger partial charge in [0.1, 0.15) is 11.4 Å². The molecule has 0 unspecified atom stereocenters. The first-order valence-corrected chi connectivity index (χ1v) is 5.49. The normalized spacial score (nSPS) is 10.2. The van der Waals surface area contributed by atoms with E-state index in [1.54, 1.807) is 6.07 Å². The predicted octanol–water partition coefficient (Wildman–Crippen LogP) is 2.33. The summed E-state index contributed by atoms with van der Waals surface area (Å²) in [7, 11) is 0. The largest absolute Gasteiger partial charge is 0.393 e. The second-order valence-corrected chi connectivity index (χ2v) is 4.03. The fraction of sp³-hybridized carbons (Fsp3) is 0. The van der Waals surface area contributed by atoms with Crippen LogP contribution < -0.4 is 11.5 Å². The van der Waals surface area contributed by atoms with Crippen LogP contribution in [-0.4, -0.2) is 9.85 Å². The van der Waals surface area contributed by atoms with Crippen molar-refractivity contribution in [2.45, 2.75) is 0 Å². The van der Waals surface area contributed by atoms with E-state index in [1.807, 2.05) is 0 Å². The molecule has 102 valence electrons. The molecule has 0 aromatic heterocycles. The van der Waals surface area contributed by atoms with E-state index < -0.39 is 15.5 Å². The molecule has 2 aromatic carbocycles. The lowest BCUT2D eigenvalue weighted by Gasteiger charge is -2.08. The number of nitrogen functional groups attached to an aromatic ring is 2. The standard InChI is InChI=1S/C12H10N4O4/c13-10-5-4-9(11(14)12(10)16(19)20)7-2-1-3-8(6-7)15(17)18/h1-6H,13-14H2. The molecule has 0 heterocycles. The van der Waals surface area contributed by atoms with Gasteiger partial charge in [-0.2, -0.15) is 0 Å². The lowest BCUT2D eigenvalue weighted by molar-refractivity contribution is -0.384. The number of rotatable bonds is 3. The minimum absolute atomic E-state index is 0.0540. The quantitative estimate of drug-likeness (QED) is 0.500. The number of benzene rings is 2. The van der Waals surface area contributed by atoms with E-state index in [0.717, 1.165) is 0 Å². The summed E-state index contributed by atoms with van der Waals surface area (Å²) in [5, 5.41) is 21.7. The highest BCUT2D eigenvalue weighted by atomic mass is 16.6. The lowest BCUT2D eigenvalue weighted by Crippen LogP contribution is -2.02. The number of nitro groups is 2. The summed E-state index contributed by atoms with van der Waals surface area (Å²) in [5.41, 5.74) is 11.3. The van der Waals surface area contributed by atoms with Gasteiger partial charge >= 0.3 is 5.69 Å². The molecule has 0 amide bonds. The molecular formula is C12H10N4O4. The Kier molecular flexibility index (Phi) is 3.21. The highest BCUT2D eigenvalue weighted by molar-refractivity contribution is 5.88. The van der Waals surface area contributed by atoms with Crippen LogP contribution in [0.3, 0.4) is 0 Å². The van der Waals surface area contributed by atoms with E-state index >= 15 is 0 Å². The van der Waals surface area contributed by atoms with Gasteiger partial charge in [0.05, 0.1) is 9.85 Å². The van der Waals surface area contributed by atoms with E-state index in [-0.39, 0.29) is 17.1 Å². The van der Waals surface area contributed by atoms with Crippen molar-refractivity contribution in [2.24, 2.45) is 0 Å². The maximum Gasteiger partial charge on any atom is 0.315 e. The van der Waals surface area contributed by atoms with Crippen LogP contribution in [0.5, 0.6) is 0 Å². The maximum absolute atomic E-state index is 10.9. The van der Waals surface area contributed by atoms with Crippen molar-refractivity contribution in [3.8, 4) is 11.1 Å². The first-order chi connectivity index (χ1) is 9.41. The lowest BCUT2D eigenvalue weighted by atomic mass is 10.0. The van der Waals surface area contributed by atoms with Gasteiger partial charge in [-0.25, -0.2) is 0 Å². The van der Waals surface area contributed by atoms with Crippen LogP contribution in [0.1, 0.15) is 0 Å². The molecule has 0 aliphatic heterocycles. The summed E-state index contributed by atoms with van der Waals surface area (Å²) < 4.78 is 0. The Bertz CT molecular complexity index is 715. The maximum atomic E-state index is 10.9. The molecule has 0 radical (unpaired) electrons. The highest BCUT2D eigenvalue weighted by Crippen LogP contribution is 2.38. The van der Waals surface area contributed by atoms with Gasteiger partial charge in [0.2, 0.25) is 0 Å². The Morgan fingerprint density at radius 1 is 0.950 bits per heavy atom.